The van der Waals surface area contributed by atoms with Gasteiger partial charge in [0.15, 0.2) is 0 Å². The quantitative estimate of drug-likeness (QED) is 0.764. The number of hydrogen-bond donors (Lipinski definition) is 2. The van der Waals surface area contributed by atoms with E-state index in [1.807, 2.05) is 38.1 Å². The van der Waals surface area contributed by atoms with Gasteiger partial charge in [-0.05, 0) is 38.5 Å². The van der Waals surface area contributed by atoms with E-state index in [4.69, 9.17) is 0 Å². The van der Waals surface area contributed by atoms with E-state index >= 15 is 0 Å². The topological polar surface area (TPSA) is 80.0 Å². The van der Waals surface area contributed by atoms with Crippen molar-refractivity contribution in [1.82, 2.24) is 20.1 Å². The molecule has 0 spiro atoms. The van der Waals surface area contributed by atoms with Gasteiger partial charge in [-0.25, -0.2) is 0 Å². The van der Waals surface area contributed by atoms with Gasteiger partial charge < -0.3 is 10.4 Å². The minimum Gasteiger partial charge on any atom is -0.383 e. The number of carbonyl (C=O) groups is 1. The maximum absolute atomic E-state index is 12.6. The average molecular weight is 338 g/mol. The second-order valence-corrected chi connectivity index (χ2v) is 6.68. The first-order chi connectivity index (χ1) is 11.8. The number of nitrogens with zero attached hydrogens (tertiary/aromatic N) is 3. The largest absolute Gasteiger partial charge is 0.383 e. The lowest BCUT2D eigenvalue weighted by Crippen LogP contribution is -2.38. The summed E-state index contributed by atoms with van der Waals surface area (Å²) in [7, 11) is 1.78. The lowest BCUT2D eigenvalue weighted by atomic mass is 9.99. The third kappa shape index (κ3) is 3.53. The molecule has 2 heterocycles. The highest BCUT2D eigenvalue weighted by Gasteiger charge is 2.26. The van der Waals surface area contributed by atoms with E-state index in [2.05, 4.69) is 15.4 Å². The molecule has 3 aromatic rings. The summed E-state index contributed by atoms with van der Waals surface area (Å²) in [5.74, 6) is -0.253. The molecule has 0 aliphatic carbocycles. The molecule has 0 aliphatic rings. The fourth-order valence-electron chi connectivity index (χ4n) is 2.75. The Hall–Kier alpha value is -2.73. The Labute approximate surface area is 146 Å². The summed E-state index contributed by atoms with van der Waals surface area (Å²) in [6.45, 7) is 5.56. The normalized spacial score (nSPS) is 13.6. The number of aryl methyl sites for hydroxylation is 3. The number of benzene rings is 1. The molecule has 0 radical (unpaired) electrons. The van der Waals surface area contributed by atoms with Crippen LogP contribution in [0, 0.1) is 13.8 Å². The third-order valence-corrected chi connectivity index (χ3v) is 4.33. The Morgan fingerprint density at radius 1 is 1.32 bits per heavy atom. The molecular formula is C19H22N4O2. The Kier molecular flexibility index (Phi) is 4.30. The van der Waals surface area contributed by atoms with Gasteiger partial charge in [0.25, 0.3) is 5.91 Å². The molecule has 0 bridgehead atoms. The van der Waals surface area contributed by atoms with Crippen LogP contribution in [-0.2, 0) is 12.6 Å². The first kappa shape index (κ1) is 17.1. The zero-order valence-corrected chi connectivity index (χ0v) is 14.9. The van der Waals surface area contributed by atoms with Crippen molar-refractivity contribution in [1.29, 1.82) is 0 Å². The lowest BCUT2D eigenvalue weighted by Gasteiger charge is -2.22. The maximum Gasteiger partial charge on any atom is 0.253 e. The smallest absolute Gasteiger partial charge is 0.253 e. The number of aliphatic hydroxyl groups is 1. The standard InChI is InChI=1S/C19H22N4O2/c1-12-5-6-14-8-16(13(2)22-17(14)7-12)18(24)20-11-19(3,25)15-9-21-23(4)10-15/h5-10,25H,11H2,1-4H3,(H,20,24). The predicted molar refractivity (Wildman–Crippen MR) is 96.3 cm³/mol. The molecule has 1 amide bonds. The van der Waals surface area contributed by atoms with Crippen LogP contribution >= 0.6 is 0 Å². The Morgan fingerprint density at radius 2 is 2.08 bits per heavy atom. The zero-order valence-electron chi connectivity index (χ0n) is 14.9. The number of fused-ring (bicyclic) bond motifs is 1. The fraction of sp³-hybridized carbons (Fsp3) is 0.316. The summed E-state index contributed by atoms with van der Waals surface area (Å²) in [5.41, 5.74) is 2.63. The molecule has 2 aromatic heterocycles. The van der Waals surface area contributed by atoms with E-state index in [1.54, 1.807) is 31.0 Å². The Morgan fingerprint density at radius 3 is 2.76 bits per heavy atom. The number of pyridine rings is 1. The number of rotatable bonds is 4. The molecule has 130 valence electrons. The van der Waals surface area contributed by atoms with Gasteiger partial charge in [-0.3, -0.25) is 14.5 Å². The first-order valence-electron chi connectivity index (χ1n) is 8.14. The SMILES string of the molecule is Cc1ccc2cc(C(=O)NCC(C)(O)c3cnn(C)c3)c(C)nc2c1. The van der Waals surface area contributed by atoms with E-state index < -0.39 is 5.60 Å². The lowest BCUT2D eigenvalue weighted by molar-refractivity contribution is 0.0525. The molecule has 6 nitrogen and oxygen atoms in total. The summed E-state index contributed by atoms with van der Waals surface area (Å²) in [6, 6.07) is 7.79. The van der Waals surface area contributed by atoms with Crippen molar-refractivity contribution in [2.75, 3.05) is 6.54 Å². The predicted octanol–water partition coefficient (Wildman–Crippen LogP) is 2.22. The second-order valence-electron chi connectivity index (χ2n) is 6.68. The van der Waals surface area contributed by atoms with Crippen LogP contribution in [0.4, 0.5) is 0 Å². The fourth-order valence-corrected chi connectivity index (χ4v) is 2.75. The monoisotopic (exact) mass is 338 g/mol. The van der Waals surface area contributed by atoms with Crippen molar-refractivity contribution in [3.8, 4) is 0 Å². The van der Waals surface area contributed by atoms with Crippen LogP contribution < -0.4 is 5.32 Å². The molecule has 3 rings (SSSR count). The van der Waals surface area contributed by atoms with Crippen molar-refractivity contribution in [3.63, 3.8) is 0 Å². The minimum absolute atomic E-state index is 0.0862. The van der Waals surface area contributed by atoms with Crippen LogP contribution in [0.15, 0.2) is 36.7 Å². The van der Waals surface area contributed by atoms with Crippen molar-refractivity contribution in [3.05, 3.63) is 59.0 Å². The molecule has 1 unspecified atom stereocenters. The summed E-state index contributed by atoms with van der Waals surface area (Å²) >= 11 is 0. The number of amides is 1. The van der Waals surface area contributed by atoms with Crippen LogP contribution in [0.3, 0.4) is 0 Å². The van der Waals surface area contributed by atoms with Crippen molar-refractivity contribution < 1.29 is 9.90 Å². The summed E-state index contributed by atoms with van der Waals surface area (Å²) < 4.78 is 1.62. The third-order valence-electron chi connectivity index (χ3n) is 4.33. The van der Waals surface area contributed by atoms with Crippen molar-refractivity contribution >= 4 is 16.8 Å². The molecular weight excluding hydrogens is 316 g/mol. The van der Waals surface area contributed by atoms with Crippen LogP contribution in [0.25, 0.3) is 10.9 Å². The highest BCUT2D eigenvalue weighted by Crippen LogP contribution is 2.20. The van der Waals surface area contributed by atoms with E-state index in [0.29, 0.717) is 16.8 Å². The Balaban J connectivity index is 1.80. The molecule has 1 atom stereocenters. The molecule has 6 heteroatoms. The van der Waals surface area contributed by atoms with Gasteiger partial charge in [0.05, 0.1) is 29.5 Å². The maximum atomic E-state index is 12.6. The van der Waals surface area contributed by atoms with Gasteiger partial charge in [0.1, 0.15) is 5.60 Å². The summed E-state index contributed by atoms with van der Waals surface area (Å²) in [4.78, 5) is 17.1. The molecule has 0 aliphatic heterocycles. The molecule has 0 fully saturated rings. The second kappa shape index (κ2) is 6.29. The average Bonchev–Trinajstić information content (AvgIpc) is 2.99. The number of carbonyl (C=O) groups excluding carboxylic acids is 1. The van der Waals surface area contributed by atoms with Crippen LogP contribution in [0.5, 0.6) is 0 Å². The molecule has 0 saturated heterocycles. The first-order valence-corrected chi connectivity index (χ1v) is 8.14. The number of aromatic nitrogens is 3. The molecule has 1 aromatic carbocycles. The van der Waals surface area contributed by atoms with Crippen molar-refractivity contribution in [2.45, 2.75) is 26.4 Å². The van der Waals surface area contributed by atoms with E-state index in [1.165, 1.54) is 0 Å². The summed E-state index contributed by atoms with van der Waals surface area (Å²) in [5, 5.41) is 18.4. The number of hydrogen-bond acceptors (Lipinski definition) is 4. The van der Waals surface area contributed by atoms with Crippen LogP contribution in [-0.4, -0.2) is 32.3 Å². The Bertz CT molecular complexity index is 944. The molecule has 25 heavy (non-hydrogen) atoms. The van der Waals surface area contributed by atoms with E-state index in [-0.39, 0.29) is 12.5 Å². The van der Waals surface area contributed by atoms with Gasteiger partial charge in [-0.15, -0.1) is 0 Å². The van der Waals surface area contributed by atoms with Gasteiger partial charge in [-0.1, -0.05) is 12.1 Å². The van der Waals surface area contributed by atoms with Gasteiger partial charge >= 0.3 is 0 Å². The molecule has 2 N–H and O–H groups in total. The van der Waals surface area contributed by atoms with Gasteiger partial charge in [0.2, 0.25) is 0 Å². The van der Waals surface area contributed by atoms with Gasteiger partial charge in [-0.2, -0.15) is 5.10 Å². The molecule has 0 saturated carbocycles. The summed E-state index contributed by atoms with van der Waals surface area (Å²) in [6.07, 6.45) is 3.33. The van der Waals surface area contributed by atoms with E-state index in [9.17, 15) is 9.90 Å². The van der Waals surface area contributed by atoms with E-state index in [0.717, 1.165) is 16.5 Å². The zero-order chi connectivity index (χ0) is 18.2. The minimum atomic E-state index is -1.20. The van der Waals surface area contributed by atoms with Gasteiger partial charge in [0, 0.05) is 24.2 Å². The highest BCUT2D eigenvalue weighted by atomic mass is 16.3. The van der Waals surface area contributed by atoms with Crippen LogP contribution in [0.1, 0.15) is 34.1 Å². The highest BCUT2D eigenvalue weighted by molar-refractivity contribution is 5.98. The van der Waals surface area contributed by atoms with Crippen molar-refractivity contribution in [2.24, 2.45) is 7.05 Å². The van der Waals surface area contributed by atoms with Crippen LogP contribution in [0.2, 0.25) is 0 Å². The number of nitrogens with one attached hydrogen (secondary N) is 1.